The number of rotatable bonds is 1. The summed E-state index contributed by atoms with van der Waals surface area (Å²) in [7, 11) is 2.02. The molecule has 0 atom stereocenters. The van der Waals surface area contributed by atoms with Crippen molar-refractivity contribution in [1.29, 1.82) is 0 Å². The molecule has 0 saturated carbocycles. The van der Waals surface area contributed by atoms with Crippen LogP contribution in [0.1, 0.15) is 22.4 Å². The summed E-state index contributed by atoms with van der Waals surface area (Å²) >= 11 is 0. The minimum atomic E-state index is 0.107. The van der Waals surface area contributed by atoms with Crippen LogP contribution in [0.3, 0.4) is 0 Å². The lowest BCUT2D eigenvalue weighted by Gasteiger charge is -2.04. The van der Waals surface area contributed by atoms with Gasteiger partial charge >= 0.3 is 0 Å². The van der Waals surface area contributed by atoms with Crippen molar-refractivity contribution in [2.75, 3.05) is 0 Å². The second-order valence-electron chi connectivity index (χ2n) is 4.21. The Labute approximate surface area is 90.2 Å². The van der Waals surface area contributed by atoms with Gasteiger partial charge in [0.1, 0.15) is 0 Å². The van der Waals surface area contributed by atoms with E-state index < -0.39 is 0 Å². The molecule has 80 valence electrons. The van der Waals surface area contributed by atoms with E-state index in [9.17, 15) is 5.11 Å². The molecule has 0 amide bonds. The molecule has 1 heterocycles. The van der Waals surface area contributed by atoms with Crippen molar-refractivity contribution in [3.05, 3.63) is 34.5 Å². The fraction of sp³-hybridized carbons (Fsp3) is 0.385. The quantitative estimate of drug-likeness (QED) is 0.757. The number of aromatic nitrogens is 1. The highest BCUT2D eigenvalue weighted by Crippen LogP contribution is 2.29. The molecular formula is C13H17NO. The Morgan fingerprint density at radius 3 is 2.27 bits per heavy atom. The van der Waals surface area contributed by atoms with Crippen molar-refractivity contribution in [2.45, 2.75) is 27.4 Å². The third kappa shape index (κ3) is 1.29. The predicted octanol–water partition coefficient (Wildman–Crippen LogP) is 2.60. The van der Waals surface area contributed by atoms with Crippen molar-refractivity contribution in [3.8, 4) is 0 Å². The van der Waals surface area contributed by atoms with Gasteiger partial charge in [0.2, 0.25) is 0 Å². The lowest BCUT2D eigenvalue weighted by atomic mass is 10.0. The average Bonchev–Trinajstić information content (AvgIpc) is 2.46. The van der Waals surface area contributed by atoms with Crippen LogP contribution >= 0.6 is 0 Å². The molecule has 0 bridgehead atoms. The minimum absolute atomic E-state index is 0.107. The van der Waals surface area contributed by atoms with E-state index in [1.807, 2.05) is 7.05 Å². The number of fused-ring (bicyclic) bond motifs is 1. The van der Waals surface area contributed by atoms with Crippen LogP contribution in [-0.4, -0.2) is 9.67 Å². The highest BCUT2D eigenvalue weighted by molar-refractivity contribution is 5.90. The van der Waals surface area contributed by atoms with E-state index in [0.29, 0.717) is 0 Å². The molecule has 1 aromatic carbocycles. The second-order valence-corrected chi connectivity index (χ2v) is 4.21. The van der Waals surface area contributed by atoms with Gasteiger partial charge in [-0.2, -0.15) is 0 Å². The molecule has 0 aliphatic rings. The van der Waals surface area contributed by atoms with Gasteiger partial charge < -0.3 is 9.67 Å². The van der Waals surface area contributed by atoms with Crippen LogP contribution in [0.5, 0.6) is 0 Å². The predicted molar refractivity (Wildman–Crippen MR) is 63.1 cm³/mol. The first-order valence-electron chi connectivity index (χ1n) is 5.22. The van der Waals surface area contributed by atoms with Gasteiger partial charge in [-0.25, -0.2) is 0 Å². The molecule has 2 heteroatoms. The van der Waals surface area contributed by atoms with Crippen LogP contribution in [-0.2, 0) is 13.7 Å². The van der Waals surface area contributed by atoms with E-state index in [-0.39, 0.29) is 6.61 Å². The van der Waals surface area contributed by atoms with Crippen molar-refractivity contribution >= 4 is 10.9 Å². The summed E-state index contributed by atoms with van der Waals surface area (Å²) < 4.78 is 2.10. The molecule has 0 radical (unpaired) electrons. The molecule has 2 rings (SSSR count). The van der Waals surface area contributed by atoms with E-state index in [4.69, 9.17) is 0 Å². The lowest BCUT2D eigenvalue weighted by Crippen LogP contribution is -1.97. The Morgan fingerprint density at radius 1 is 1.13 bits per heavy atom. The number of aliphatic hydroxyl groups excluding tert-OH is 1. The summed E-state index contributed by atoms with van der Waals surface area (Å²) in [5.41, 5.74) is 6.01. The number of aryl methyl sites for hydroxylation is 4. The average molecular weight is 203 g/mol. The van der Waals surface area contributed by atoms with Crippen LogP contribution in [0.15, 0.2) is 12.1 Å². The van der Waals surface area contributed by atoms with Gasteiger partial charge in [0.05, 0.1) is 12.1 Å². The van der Waals surface area contributed by atoms with Crippen molar-refractivity contribution in [2.24, 2.45) is 7.05 Å². The largest absolute Gasteiger partial charge is 0.390 e. The number of hydrogen-bond donors (Lipinski definition) is 1. The molecule has 1 aromatic heterocycles. The first-order valence-corrected chi connectivity index (χ1v) is 5.22. The van der Waals surface area contributed by atoms with Crippen LogP contribution in [0.2, 0.25) is 0 Å². The first kappa shape index (κ1) is 10.2. The van der Waals surface area contributed by atoms with Gasteiger partial charge in [-0.15, -0.1) is 0 Å². The SMILES string of the molecule is Cc1ccc(C)c2c1c(C)c(CO)n2C. The van der Waals surface area contributed by atoms with E-state index in [1.54, 1.807) is 0 Å². The maximum atomic E-state index is 9.36. The van der Waals surface area contributed by atoms with Crippen molar-refractivity contribution in [1.82, 2.24) is 4.57 Å². The van der Waals surface area contributed by atoms with Crippen molar-refractivity contribution in [3.63, 3.8) is 0 Å². The van der Waals surface area contributed by atoms with Gasteiger partial charge in [-0.1, -0.05) is 12.1 Å². The number of aliphatic hydroxyl groups is 1. The Hall–Kier alpha value is -1.28. The highest BCUT2D eigenvalue weighted by Gasteiger charge is 2.13. The second kappa shape index (κ2) is 3.38. The third-order valence-electron chi connectivity index (χ3n) is 3.29. The molecule has 0 spiro atoms. The standard InChI is InChI=1S/C13H17NO/c1-8-5-6-9(2)13-12(8)10(3)11(7-15)14(13)4/h5-6,15H,7H2,1-4H3. The monoisotopic (exact) mass is 203 g/mol. The molecule has 15 heavy (non-hydrogen) atoms. The molecule has 0 aliphatic heterocycles. The highest BCUT2D eigenvalue weighted by atomic mass is 16.3. The Bertz CT molecular complexity index is 478. The topological polar surface area (TPSA) is 25.2 Å². The third-order valence-corrected chi connectivity index (χ3v) is 3.29. The zero-order valence-corrected chi connectivity index (χ0v) is 9.76. The Morgan fingerprint density at radius 2 is 1.73 bits per heavy atom. The van der Waals surface area contributed by atoms with Crippen LogP contribution < -0.4 is 0 Å². The van der Waals surface area contributed by atoms with Gasteiger partial charge in [0, 0.05) is 18.1 Å². The van der Waals surface area contributed by atoms with Crippen LogP contribution in [0.4, 0.5) is 0 Å². The van der Waals surface area contributed by atoms with E-state index in [0.717, 1.165) is 5.69 Å². The fourth-order valence-corrected chi connectivity index (χ4v) is 2.46. The molecular weight excluding hydrogens is 186 g/mol. The van der Waals surface area contributed by atoms with E-state index in [1.165, 1.54) is 27.6 Å². The van der Waals surface area contributed by atoms with Crippen LogP contribution in [0, 0.1) is 20.8 Å². The molecule has 1 N–H and O–H groups in total. The molecule has 0 unspecified atom stereocenters. The summed E-state index contributed by atoms with van der Waals surface area (Å²) in [4.78, 5) is 0. The molecule has 0 aliphatic carbocycles. The maximum Gasteiger partial charge on any atom is 0.0835 e. The van der Waals surface area contributed by atoms with Crippen LogP contribution in [0.25, 0.3) is 10.9 Å². The number of hydrogen-bond acceptors (Lipinski definition) is 1. The Kier molecular flexibility index (Phi) is 2.31. The minimum Gasteiger partial charge on any atom is -0.390 e. The summed E-state index contributed by atoms with van der Waals surface area (Å²) in [5, 5.41) is 10.7. The number of nitrogens with zero attached hydrogens (tertiary/aromatic N) is 1. The molecule has 0 saturated heterocycles. The van der Waals surface area contributed by atoms with Gasteiger partial charge in [0.25, 0.3) is 0 Å². The van der Waals surface area contributed by atoms with Gasteiger partial charge in [-0.05, 0) is 37.5 Å². The normalized spacial score (nSPS) is 11.3. The first-order chi connectivity index (χ1) is 7.07. The number of benzene rings is 1. The van der Waals surface area contributed by atoms with E-state index >= 15 is 0 Å². The summed E-state index contributed by atoms with van der Waals surface area (Å²) in [6.45, 7) is 6.43. The zero-order chi connectivity index (χ0) is 11.2. The maximum absolute atomic E-state index is 9.36. The summed E-state index contributed by atoms with van der Waals surface area (Å²) in [5.74, 6) is 0. The summed E-state index contributed by atoms with van der Waals surface area (Å²) in [6.07, 6.45) is 0. The smallest absolute Gasteiger partial charge is 0.0835 e. The Balaban J connectivity index is 3.01. The van der Waals surface area contributed by atoms with Crippen molar-refractivity contribution < 1.29 is 5.11 Å². The molecule has 2 aromatic rings. The van der Waals surface area contributed by atoms with Gasteiger partial charge in [-0.3, -0.25) is 0 Å². The molecule has 2 nitrogen and oxygen atoms in total. The zero-order valence-electron chi connectivity index (χ0n) is 9.76. The molecule has 0 fully saturated rings. The lowest BCUT2D eigenvalue weighted by molar-refractivity contribution is 0.272. The summed E-state index contributed by atoms with van der Waals surface area (Å²) in [6, 6.07) is 4.28. The van der Waals surface area contributed by atoms with E-state index in [2.05, 4.69) is 37.5 Å². The fourth-order valence-electron chi connectivity index (χ4n) is 2.46. The van der Waals surface area contributed by atoms with Gasteiger partial charge in [0.15, 0.2) is 0 Å².